The third-order valence-corrected chi connectivity index (χ3v) is 2.61. The molecule has 0 unspecified atom stereocenters. The van der Waals surface area contributed by atoms with Crippen molar-refractivity contribution in [3.63, 3.8) is 0 Å². The van der Waals surface area contributed by atoms with Crippen LogP contribution in [-0.4, -0.2) is 13.1 Å². The van der Waals surface area contributed by atoms with Crippen molar-refractivity contribution in [3.8, 4) is 0 Å². The Balaban J connectivity index is 2.68. The van der Waals surface area contributed by atoms with Crippen LogP contribution in [0.2, 0.25) is 0 Å². The zero-order chi connectivity index (χ0) is 12.2. The van der Waals surface area contributed by atoms with E-state index in [1.807, 2.05) is 14.0 Å². The average molecular weight is 231 g/mol. The first kappa shape index (κ1) is 13.0. The highest BCUT2D eigenvalue weighted by molar-refractivity contribution is 5.25. The summed E-state index contributed by atoms with van der Waals surface area (Å²) in [6, 6.07) is 5.84. The van der Waals surface area contributed by atoms with Crippen molar-refractivity contribution >= 4 is 0 Å². The molecule has 1 nitrogen and oxygen atoms in total. The maximum Gasteiger partial charge on any atom is 0.416 e. The second-order valence-electron chi connectivity index (χ2n) is 3.93. The monoisotopic (exact) mass is 231 g/mol. The van der Waals surface area contributed by atoms with Crippen LogP contribution in [0.3, 0.4) is 0 Å². The lowest BCUT2D eigenvalue weighted by atomic mass is 10.0. The largest absolute Gasteiger partial charge is 0.416 e. The van der Waals surface area contributed by atoms with E-state index in [0.717, 1.165) is 18.1 Å². The van der Waals surface area contributed by atoms with Crippen molar-refractivity contribution in [2.75, 3.05) is 7.05 Å². The van der Waals surface area contributed by atoms with Gasteiger partial charge in [0.05, 0.1) is 5.56 Å². The van der Waals surface area contributed by atoms with E-state index in [1.54, 1.807) is 6.07 Å². The number of halogens is 3. The first-order valence-electron chi connectivity index (χ1n) is 5.27. The summed E-state index contributed by atoms with van der Waals surface area (Å²) >= 11 is 0. The second-order valence-corrected chi connectivity index (χ2v) is 3.93. The van der Waals surface area contributed by atoms with Crippen LogP contribution >= 0.6 is 0 Å². The molecular formula is C12H16F3N. The number of benzene rings is 1. The zero-order valence-electron chi connectivity index (χ0n) is 9.43. The average Bonchev–Trinajstić information content (AvgIpc) is 2.25. The number of rotatable bonds is 4. The Hall–Kier alpha value is -1.03. The lowest BCUT2D eigenvalue weighted by molar-refractivity contribution is -0.137. The molecule has 0 spiro atoms. The third-order valence-electron chi connectivity index (χ3n) is 2.61. The van der Waals surface area contributed by atoms with Crippen LogP contribution in [0.5, 0.6) is 0 Å². The molecule has 0 radical (unpaired) electrons. The van der Waals surface area contributed by atoms with Gasteiger partial charge in [-0.2, -0.15) is 13.2 Å². The van der Waals surface area contributed by atoms with Crippen molar-refractivity contribution in [1.82, 2.24) is 5.32 Å². The van der Waals surface area contributed by atoms with E-state index in [-0.39, 0.29) is 0 Å². The first-order chi connectivity index (χ1) is 7.43. The summed E-state index contributed by atoms with van der Waals surface area (Å²) in [5.41, 5.74) is 0.166. The molecule has 0 aliphatic heterocycles. The summed E-state index contributed by atoms with van der Waals surface area (Å²) in [7, 11) is 1.84. The topological polar surface area (TPSA) is 12.0 Å². The van der Waals surface area contributed by atoms with Gasteiger partial charge in [0.25, 0.3) is 0 Å². The normalized spacial score (nSPS) is 13.8. The predicted molar refractivity (Wildman–Crippen MR) is 58.3 cm³/mol. The molecule has 0 heterocycles. The van der Waals surface area contributed by atoms with Gasteiger partial charge >= 0.3 is 6.18 Å². The van der Waals surface area contributed by atoms with Crippen LogP contribution in [0.15, 0.2) is 24.3 Å². The molecule has 0 fully saturated rings. The molecule has 16 heavy (non-hydrogen) atoms. The molecule has 1 aromatic rings. The Morgan fingerprint density at radius 2 is 2.00 bits per heavy atom. The summed E-state index contributed by atoms with van der Waals surface area (Å²) in [5.74, 6) is 0. The molecule has 0 aromatic heterocycles. The third kappa shape index (κ3) is 3.85. The second kappa shape index (κ2) is 5.34. The molecular weight excluding hydrogens is 215 g/mol. The number of hydrogen-bond acceptors (Lipinski definition) is 1. The van der Waals surface area contributed by atoms with Crippen molar-refractivity contribution in [2.24, 2.45) is 0 Å². The van der Waals surface area contributed by atoms with Crippen LogP contribution < -0.4 is 5.32 Å². The fraction of sp³-hybridized carbons (Fsp3) is 0.500. The van der Waals surface area contributed by atoms with Gasteiger partial charge in [-0.3, -0.25) is 0 Å². The smallest absolute Gasteiger partial charge is 0.317 e. The van der Waals surface area contributed by atoms with Crippen LogP contribution in [0.25, 0.3) is 0 Å². The fourth-order valence-electron chi connectivity index (χ4n) is 1.43. The summed E-state index contributed by atoms with van der Waals surface area (Å²) in [4.78, 5) is 0. The van der Waals surface area contributed by atoms with E-state index in [4.69, 9.17) is 0 Å². The van der Waals surface area contributed by atoms with Crippen LogP contribution in [0, 0.1) is 0 Å². The molecule has 0 aliphatic carbocycles. The van der Waals surface area contributed by atoms with Gasteiger partial charge in [0, 0.05) is 6.04 Å². The maximum absolute atomic E-state index is 12.4. The molecule has 0 saturated heterocycles. The van der Waals surface area contributed by atoms with Gasteiger partial charge in [0.15, 0.2) is 0 Å². The standard InChI is InChI=1S/C12H16F3N/c1-9(16-2)6-7-10-4-3-5-11(8-10)12(13,14)15/h3-5,8-9,16H,6-7H2,1-2H3/t9-/m0/s1. The Labute approximate surface area is 93.7 Å². The van der Waals surface area contributed by atoms with E-state index < -0.39 is 11.7 Å². The molecule has 1 rings (SSSR count). The SMILES string of the molecule is CN[C@@H](C)CCc1cccc(C(F)(F)F)c1. The fourth-order valence-corrected chi connectivity index (χ4v) is 1.43. The minimum atomic E-state index is -4.25. The number of alkyl halides is 3. The Kier molecular flexibility index (Phi) is 4.35. The Bertz CT molecular complexity index is 333. The van der Waals surface area contributed by atoms with Gasteiger partial charge < -0.3 is 5.32 Å². The molecule has 90 valence electrons. The van der Waals surface area contributed by atoms with Gasteiger partial charge in [-0.15, -0.1) is 0 Å². The number of hydrogen-bond donors (Lipinski definition) is 1. The van der Waals surface area contributed by atoms with Crippen LogP contribution in [0.1, 0.15) is 24.5 Å². The summed E-state index contributed by atoms with van der Waals surface area (Å²) < 4.78 is 37.3. The summed E-state index contributed by atoms with van der Waals surface area (Å²) in [6.07, 6.45) is -2.76. The van der Waals surface area contributed by atoms with Gasteiger partial charge in [-0.05, 0) is 38.4 Å². The molecule has 1 aromatic carbocycles. The van der Waals surface area contributed by atoms with Gasteiger partial charge in [0.2, 0.25) is 0 Å². The quantitative estimate of drug-likeness (QED) is 0.838. The highest BCUT2D eigenvalue weighted by Gasteiger charge is 2.30. The molecule has 1 atom stereocenters. The van der Waals surface area contributed by atoms with Crippen molar-refractivity contribution in [3.05, 3.63) is 35.4 Å². The minimum Gasteiger partial charge on any atom is -0.317 e. The number of aryl methyl sites for hydroxylation is 1. The van der Waals surface area contributed by atoms with E-state index in [1.165, 1.54) is 12.1 Å². The highest BCUT2D eigenvalue weighted by Crippen LogP contribution is 2.29. The molecule has 1 N–H and O–H groups in total. The van der Waals surface area contributed by atoms with Crippen molar-refractivity contribution < 1.29 is 13.2 Å². The van der Waals surface area contributed by atoms with E-state index >= 15 is 0 Å². The molecule has 0 saturated carbocycles. The Morgan fingerprint density at radius 1 is 1.31 bits per heavy atom. The van der Waals surface area contributed by atoms with E-state index in [0.29, 0.717) is 12.5 Å². The highest BCUT2D eigenvalue weighted by atomic mass is 19.4. The van der Waals surface area contributed by atoms with Gasteiger partial charge in [-0.1, -0.05) is 18.2 Å². The lowest BCUT2D eigenvalue weighted by Crippen LogP contribution is -2.21. The summed E-state index contributed by atoms with van der Waals surface area (Å²) in [6.45, 7) is 2.01. The zero-order valence-corrected chi connectivity index (χ0v) is 9.43. The molecule has 0 amide bonds. The number of nitrogens with one attached hydrogen (secondary N) is 1. The Morgan fingerprint density at radius 3 is 2.56 bits per heavy atom. The summed E-state index contributed by atoms with van der Waals surface area (Å²) in [5, 5.41) is 3.06. The molecule has 0 bridgehead atoms. The molecule has 4 heteroatoms. The van der Waals surface area contributed by atoms with Gasteiger partial charge in [0.1, 0.15) is 0 Å². The predicted octanol–water partition coefficient (Wildman–Crippen LogP) is 3.25. The minimum absolute atomic E-state index is 0.314. The van der Waals surface area contributed by atoms with E-state index in [9.17, 15) is 13.2 Å². The van der Waals surface area contributed by atoms with Crippen LogP contribution in [-0.2, 0) is 12.6 Å². The lowest BCUT2D eigenvalue weighted by Gasteiger charge is -2.11. The van der Waals surface area contributed by atoms with E-state index in [2.05, 4.69) is 5.32 Å². The van der Waals surface area contributed by atoms with Crippen LogP contribution in [0.4, 0.5) is 13.2 Å². The van der Waals surface area contributed by atoms with Crippen molar-refractivity contribution in [2.45, 2.75) is 32.0 Å². The maximum atomic E-state index is 12.4. The van der Waals surface area contributed by atoms with Crippen molar-refractivity contribution in [1.29, 1.82) is 0 Å². The molecule has 0 aliphatic rings. The van der Waals surface area contributed by atoms with Gasteiger partial charge in [-0.25, -0.2) is 0 Å². The first-order valence-corrected chi connectivity index (χ1v) is 5.27.